The van der Waals surface area contributed by atoms with Gasteiger partial charge in [0.2, 0.25) is 0 Å². The molecular formula is C11H15N3O. The Hall–Kier alpha value is -1.34. The van der Waals surface area contributed by atoms with Gasteiger partial charge in [-0.2, -0.15) is 10.4 Å². The van der Waals surface area contributed by atoms with Crippen molar-refractivity contribution in [2.45, 2.75) is 33.4 Å². The maximum absolute atomic E-state index is 9.12. The molecule has 1 aliphatic heterocycles. The van der Waals surface area contributed by atoms with Gasteiger partial charge in [0.1, 0.15) is 11.8 Å². The summed E-state index contributed by atoms with van der Waals surface area (Å²) in [4.78, 5) is 0. The van der Waals surface area contributed by atoms with Crippen LogP contribution >= 0.6 is 0 Å². The van der Waals surface area contributed by atoms with Crippen molar-refractivity contribution in [3.05, 3.63) is 17.0 Å². The van der Waals surface area contributed by atoms with E-state index in [0.29, 0.717) is 19.1 Å². The molecule has 0 N–H and O–H groups in total. The minimum absolute atomic E-state index is 0.499. The highest BCUT2D eigenvalue weighted by atomic mass is 16.5. The summed E-state index contributed by atoms with van der Waals surface area (Å²) in [6.45, 7) is 6.30. The molecule has 0 saturated carbocycles. The number of ether oxygens (including phenoxy) is 1. The summed E-state index contributed by atoms with van der Waals surface area (Å²) >= 11 is 0. The summed E-state index contributed by atoms with van der Waals surface area (Å²) in [6.07, 6.45) is 0.816. The molecule has 4 nitrogen and oxygen atoms in total. The van der Waals surface area contributed by atoms with Gasteiger partial charge in [-0.05, 0) is 5.92 Å². The third-order valence-corrected chi connectivity index (χ3v) is 2.51. The molecule has 1 aromatic rings. The standard InChI is InChI=1S/C11H15N3O/c1-8(2)6-14-11(5-12)9-3-4-15-7-10(9)13-14/h8H,3-4,6-7H2,1-2H3. The van der Waals surface area contributed by atoms with Crippen molar-refractivity contribution < 1.29 is 4.74 Å². The van der Waals surface area contributed by atoms with E-state index in [1.807, 2.05) is 4.68 Å². The minimum Gasteiger partial charge on any atom is -0.375 e. The van der Waals surface area contributed by atoms with Crippen molar-refractivity contribution in [3.63, 3.8) is 0 Å². The van der Waals surface area contributed by atoms with Gasteiger partial charge in [-0.25, -0.2) is 0 Å². The lowest BCUT2D eigenvalue weighted by Crippen LogP contribution is -2.09. The topological polar surface area (TPSA) is 50.8 Å². The fourth-order valence-corrected chi connectivity index (χ4v) is 1.87. The van der Waals surface area contributed by atoms with Crippen LogP contribution in [0.5, 0.6) is 0 Å². The number of aromatic nitrogens is 2. The van der Waals surface area contributed by atoms with Gasteiger partial charge < -0.3 is 4.74 Å². The van der Waals surface area contributed by atoms with Gasteiger partial charge in [-0.3, -0.25) is 4.68 Å². The molecule has 0 spiro atoms. The monoisotopic (exact) mass is 205 g/mol. The molecule has 0 bridgehead atoms. The zero-order chi connectivity index (χ0) is 10.8. The first-order chi connectivity index (χ1) is 7.22. The van der Waals surface area contributed by atoms with E-state index in [9.17, 15) is 0 Å². The minimum atomic E-state index is 0.499. The molecule has 15 heavy (non-hydrogen) atoms. The predicted octanol–water partition coefficient (Wildman–Crippen LogP) is 1.48. The molecule has 0 aromatic carbocycles. The lowest BCUT2D eigenvalue weighted by atomic mass is 10.1. The van der Waals surface area contributed by atoms with E-state index >= 15 is 0 Å². The third kappa shape index (κ3) is 1.88. The van der Waals surface area contributed by atoms with E-state index in [1.165, 1.54) is 0 Å². The van der Waals surface area contributed by atoms with Crippen LogP contribution in [0.1, 0.15) is 30.8 Å². The summed E-state index contributed by atoms with van der Waals surface area (Å²) in [7, 11) is 0. The number of nitriles is 1. The smallest absolute Gasteiger partial charge is 0.142 e. The average molecular weight is 205 g/mol. The van der Waals surface area contributed by atoms with Crippen LogP contribution in [0.25, 0.3) is 0 Å². The molecule has 1 aromatic heterocycles. The molecule has 0 radical (unpaired) electrons. The number of hydrogen-bond donors (Lipinski definition) is 0. The van der Waals surface area contributed by atoms with Crippen LogP contribution in [0.4, 0.5) is 0 Å². The largest absolute Gasteiger partial charge is 0.375 e. The Kier molecular flexibility index (Phi) is 2.74. The van der Waals surface area contributed by atoms with Crippen LogP contribution in [0, 0.1) is 17.2 Å². The van der Waals surface area contributed by atoms with Gasteiger partial charge >= 0.3 is 0 Å². The van der Waals surface area contributed by atoms with Crippen LogP contribution < -0.4 is 0 Å². The van der Waals surface area contributed by atoms with Crippen LogP contribution in [0.15, 0.2) is 0 Å². The van der Waals surface area contributed by atoms with E-state index in [-0.39, 0.29) is 0 Å². The van der Waals surface area contributed by atoms with Crippen molar-refractivity contribution in [2.75, 3.05) is 6.61 Å². The predicted molar refractivity (Wildman–Crippen MR) is 55.1 cm³/mol. The first-order valence-electron chi connectivity index (χ1n) is 5.28. The first-order valence-corrected chi connectivity index (χ1v) is 5.28. The highest BCUT2D eigenvalue weighted by molar-refractivity contribution is 5.36. The number of fused-ring (bicyclic) bond motifs is 1. The van der Waals surface area contributed by atoms with E-state index in [0.717, 1.165) is 29.9 Å². The van der Waals surface area contributed by atoms with Crippen molar-refractivity contribution >= 4 is 0 Å². The Morgan fingerprint density at radius 1 is 1.60 bits per heavy atom. The Morgan fingerprint density at radius 3 is 3.07 bits per heavy atom. The highest BCUT2D eigenvalue weighted by Gasteiger charge is 2.20. The van der Waals surface area contributed by atoms with Gasteiger partial charge in [0, 0.05) is 18.5 Å². The molecule has 2 rings (SSSR count). The molecule has 0 fully saturated rings. The Morgan fingerprint density at radius 2 is 2.40 bits per heavy atom. The molecule has 2 heterocycles. The van der Waals surface area contributed by atoms with Crippen LogP contribution in [0.2, 0.25) is 0 Å². The second-order valence-electron chi connectivity index (χ2n) is 4.26. The van der Waals surface area contributed by atoms with Gasteiger partial charge in [0.25, 0.3) is 0 Å². The van der Waals surface area contributed by atoms with Crippen molar-refractivity contribution in [1.29, 1.82) is 5.26 Å². The third-order valence-electron chi connectivity index (χ3n) is 2.51. The number of rotatable bonds is 2. The molecule has 80 valence electrons. The zero-order valence-electron chi connectivity index (χ0n) is 9.16. The van der Waals surface area contributed by atoms with Gasteiger partial charge in [-0.1, -0.05) is 13.8 Å². The fourth-order valence-electron chi connectivity index (χ4n) is 1.87. The normalized spacial score (nSPS) is 15.1. The first kappa shape index (κ1) is 10.2. The highest BCUT2D eigenvalue weighted by Crippen LogP contribution is 2.20. The second-order valence-corrected chi connectivity index (χ2v) is 4.26. The summed E-state index contributed by atoms with van der Waals surface area (Å²) in [5.41, 5.74) is 2.75. The quantitative estimate of drug-likeness (QED) is 0.734. The maximum Gasteiger partial charge on any atom is 0.142 e. The van der Waals surface area contributed by atoms with Gasteiger partial charge in [0.15, 0.2) is 0 Å². The lowest BCUT2D eigenvalue weighted by Gasteiger charge is -2.09. The summed E-state index contributed by atoms with van der Waals surface area (Å²) < 4.78 is 7.15. The molecule has 0 saturated heterocycles. The Bertz CT molecular complexity index is 401. The van der Waals surface area contributed by atoms with E-state index in [1.54, 1.807) is 0 Å². The molecule has 0 amide bonds. The number of hydrogen-bond acceptors (Lipinski definition) is 3. The molecule has 0 unspecified atom stereocenters. The second kappa shape index (κ2) is 4.03. The summed E-state index contributed by atoms with van der Waals surface area (Å²) in [6, 6.07) is 2.25. The van der Waals surface area contributed by atoms with E-state index in [4.69, 9.17) is 10.00 Å². The summed E-state index contributed by atoms with van der Waals surface area (Å²) in [5, 5.41) is 13.6. The van der Waals surface area contributed by atoms with Crippen LogP contribution in [-0.4, -0.2) is 16.4 Å². The molecule has 0 aliphatic carbocycles. The number of nitrogens with zero attached hydrogens (tertiary/aromatic N) is 3. The Balaban J connectivity index is 2.38. The molecular weight excluding hydrogens is 190 g/mol. The fraction of sp³-hybridized carbons (Fsp3) is 0.636. The van der Waals surface area contributed by atoms with E-state index < -0.39 is 0 Å². The van der Waals surface area contributed by atoms with E-state index in [2.05, 4.69) is 25.0 Å². The molecule has 1 aliphatic rings. The van der Waals surface area contributed by atoms with Crippen LogP contribution in [-0.2, 0) is 24.3 Å². The van der Waals surface area contributed by atoms with Crippen molar-refractivity contribution in [2.24, 2.45) is 5.92 Å². The maximum atomic E-state index is 9.12. The van der Waals surface area contributed by atoms with Gasteiger partial charge in [0.05, 0.1) is 18.9 Å². The SMILES string of the molecule is CC(C)Cn1nc2c(c1C#N)CCOC2. The molecule has 4 heteroatoms. The lowest BCUT2D eigenvalue weighted by molar-refractivity contribution is 0.108. The molecule has 0 atom stereocenters. The van der Waals surface area contributed by atoms with Crippen molar-refractivity contribution in [3.8, 4) is 6.07 Å². The van der Waals surface area contributed by atoms with Crippen molar-refractivity contribution in [1.82, 2.24) is 9.78 Å². The van der Waals surface area contributed by atoms with Crippen LogP contribution in [0.3, 0.4) is 0 Å². The zero-order valence-corrected chi connectivity index (χ0v) is 9.16. The average Bonchev–Trinajstić information content (AvgIpc) is 2.53. The van der Waals surface area contributed by atoms with Gasteiger partial charge in [-0.15, -0.1) is 0 Å². The Labute approximate surface area is 89.5 Å². The summed E-state index contributed by atoms with van der Waals surface area (Å²) in [5.74, 6) is 0.499.